The molecule has 1 aromatic carbocycles. The van der Waals surface area contributed by atoms with Crippen molar-refractivity contribution in [1.82, 2.24) is 15.1 Å². The number of nitrogens with two attached hydrogens (primary N) is 1. The number of carbonyl (C=O) groups excluding carboxylic acids is 1. The highest BCUT2D eigenvalue weighted by Crippen LogP contribution is 2.22. The summed E-state index contributed by atoms with van der Waals surface area (Å²) in [5, 5.41) is 7.01. The van der Waals surface area contributed by atoms with Gasteiger partial charge in [0.15, 0.2) is 0 Å². The van der Waals surface area contributed by atoms with Crippen LogP contribution < -0.4 is 11.1 Å². The second-order valence-electron chi connectivity index (χ2n) is 4.91. The van der Waals surface area contributed by atoms with Gasteiger partial charge in [-0.3, -0.25) is 9.48 Å². The van der Waals surface area contributed by atoms with Gasteiger partial charge in [-0.15, -0.1) is 0 Å². The van der Waals surface area contributed by atoms with Gasteiger partial charge in [-0.25, -0.2) is 0 Å². The molecular weight excluding hydrogens is 240 g/mol. The number of benzene rings is 1. The summed E-state index contributed by atoms with van der Waals surface area (Å²) >= 11 is 0. The molecule has 3 rings (SSSR count). The minimum absolute atomic E-state index is 0.143. The lowest BCUT2D eigenvalue weighted by atomic mass is 10.1. The molecule has 1 aromatic heterocycles. The Bertz CT molecular complexity index is 607. The number of carbonyl (C=O) groups is 1. The highest BCUT2D eigenvalue weighted by molar-refractivity contribution is 5.98. The molecule has 0 aliphatic heterocycles. The predicted molar refractivity (Wildman–Crippen MR) is 72.7 cm³/mol. The van der Waals surface area contributed by atoms with Gasteiger partial charge in [0, 0.05) is 13.1 Å². The molecule has 1 amide bonds. The van der Waals surface area contributed by atoms with Crippen LogP contribution in [0.5, 0.6) is 0 Å². The Labute approximate surface area is 111 Å². The first-order valence-electron chi connectivity index (χ1n) is 6.30. The molecule has 0 spiro atoms. The van der Waals surface area contributed by atoms with Gasteiger partial charge in [0.05, 0.1) is 6.20 Å². The molecule has 1 heterocycles. The van der Waals surface area contributed by atoms with Crippen molar-refractivity contribution in [3.63, 3.8) is 0 Å². The van der Waals surface area contributed by atoms with Crippen LogP contribution in [0.4, 0.5) is 5.82 Å². The van der Waals surface area contributed by atoms with Crippen LogP contribution in [0.25, 0.3) is 0 Å². The summed E-state index contributed by atoms with van der Waals surface area (Å²) in [5.41, 5.74) is 8.87. The summed E-state index contributed by atoms with van der Waals surface area (Å²) in [6.07, 6.45) is 3.26. The first-order valence-corrected chi connectivity index (χ1v) is 6.30. The van der Waals surface area contributed by atoms with E-state index >= 15 is 0 Å². The van der Waals surface area contributed by atoms with E-state index < -0.39 is 0 Å². The molecule has 0 radical (unpaired) electrons. The van der Waals surface area contributed by atoms with Crippen molar-refractivity contribution < 1.29 is 4.79 Å². The van der Waals surface area contributed by atoms with Crippen molar-refractivity contribution in [2.24, 2.45) is 7.05 Å². The van der Waals surface area contributed by atoms with Crippen molar-refractivity contribution >= 4 is 11.7 Å². The Morgan fingerprint density at radius 2 is 2.00 bits per heavy atom. The second kappa shape index (κ2) is 4.42. The molecule has 0 saturated carbocycles. The third-order valence-electron chi connectivity index (χ3n) is 3.62. The zero-order valence-corrected chi connectivity index (χ0v) is 10.8. The number of hydrogen-bond donors (Lipinski definition) is 2. The quantitative estimate of drug-likeness (QED) is 0.838. The van der Waals surface area contributed by atoms with Crippen molar-refractivity contribution in [1.29, 1.82) is 0 Å². The van der Waals surface area contributed by atoms with Gasteiger partial charge in [0.25, 0.3) is 5.91 Å². The van der Waals surface area contributed by atoms with E-state index in [2.05, 4.69) is 22.5 Å². The Morgan fingerprint density at radius 3 is 2.53 bits per heavy atom. The molecule has 2 aromatic rings. The molecule has 1 aliphatic rings. The number of fused-ring (bicyclic) bond motifs is 1. The van der Waals surface area contributed by atoms with E-state index in [0.29, 0.717) is 11.4 Å². The van der Waals surface area contributed by atoms with Crippen LogP contribution in [-0.2, 0) is 19.9 Å². The number of aryl methyl sites for hydroxylation is 1. The molecule has 0 atom stereocenters. The third kappa shape index (κ3) is 2.07. The Hall–Kier alpha value is -2.30. The smallest absolute Gasteiger partial charge is 0.256 e. The van der Waals surface area contributed by atoms with Crippen LogP contribution in [0, 0.1) is 0 Å². The summed E-state index contributed by atoms with van der Waals surface area (Å²) in [7, 11) is 1.72. The van der Waals surface area contributed by atoms with Crippen LogP contribution in [0.2, 0.25) is 0 Å². The van der Waals surface area contributed by atoms with Crippen molar-refractivity contribution in [3.8, 4) is 0 Å². The van der Waals surface area contributed by atoms with E-state index in [4.69, 9.17) is 5.73 Å². The fraction of sp³-hybridized carbons (Fsp3) is 0.286. The summed E-state index contributed by atoms with van der Waals surface area (Å²) < 4.78 is 1.50. The number of nitrogen functional groups attached to an aromatic ring is 1. The first kappa shape index (κ1) is 11.8. The van der Waals surface area contributed by atoms with Gasteiger partial charge in [-0.1, -0.05) is 24.3 Å². The fourth-order valence-electron chi connectivity index (χ4n) is 2.55. The highest BCUT2D eigenvalue weighted by atomic mass is 16.1. The Kier molecular flexibility index (Phi) is 2.74. The molecule has 0 unspecified atom stereocenters. The molecule has 0 bridgehead atoms. The molecule has 98 valence electrons. The number of amides is 1. The van der Waals surface area contributed by atoms with Crippen LogP contribution in [0.1, 0.15) is 21.5 Å². The van der Waals surface area contributed by atoms with Gasteiger partial charge in [0.2, 0.25) is 0 Å². The largest absolute Gasteiger partial charge is 0.383 e. The third-order valence-corrected chi connectivity index (χ3v) is 3.62. The van der Waals surface area contributed by atoms with Gasteiger partial charge in [0.1, 0.15) is 11.4 Å². The number of nitrogens with one attached hydrogen (secondary N) is 1. The number of rotatable bonds is 2. The lowest BCUT2D eigenvalue weighted by Crippen LogP contribution is -2.35. The van der Waals surface area contributed by atoms with Gasteiger partial charge in [-0.05, 0) is 24.0 Å². The Morgan fingerprint density at radius 1 is 1.37 bits per heavy atom. The maximum absolute atomic E-state index is 12.1. The highest BCUT2D eigenvalue weighted by Gasteiger charge is 2.24. The summed E-state index contributed by atoms with van der Waals surface area (Å²) in [5.74, 6) is 0.247. The lowest BCUT2D eigenvalue weighted by molar-refractivity contribution is 0.0939. The summed E-state index contributed by atoms with van der Waals surface area (Å²) in [6, 6.07) is 8.42. The van der Waals surface area contributed by atoms with Crippen LogP contribution in [0.15, 0.2) is 30.5 Å². The summed E-state index contributed by atoms with van der Waals surface area (Å²) in [4.78, 5) is 12.1. The van der Waals surface area contributed by atoms with E-state index in [9.17, 15) is 4.79 Å². The fourth-order valence-corrected chi connectivity index (χ4v) is 2.55. The van der Waals surface area contributed by atoms with Crippen LogP contribution in [0.3, 0.4) is 0 Å². The maximum atomic E-state index is 12.1. The minimum atomic E-state index is -0.150. The van der Waals surface area contributed by atoms with Crippen molar-refractivity contribution in [2.75, 3.05) is 5.73 Å². The number of hydrogen-bond acceptors (Lipinski definition) is 3. The van der Waals surface area contributed by atoms with Crippen LogP contribution >= 0.6 is 0 Å². The van der Waals surface area contributed by atoms with Gasteiger partial charge in [-0.2, -0.15) is 5.10 Å². The summed E-state index contributed by atoms with van der Waals surface area (Å²) in [6.45, 7) is 0. The second-order valence-corrected chi connectivity index (χ2v) is 4.91. The van der Waals surface area contributed by atoms with Crippen molar-refractivity contribution in [2.45, 2.75) is 18.9 Å². The molecule has 1 aliphatic carbocycles. The molecule has 0 saturated heterocycles. The van der Waals surface area contributed by atoms with E-state index in [1.807, 2.05) is 12.1 Å². The topological polar surface area (TPSA) is 72.9 Å². The molecular formula is C14H16N4O. The standard InChI is InChI=1S/C14H16N4O/c1-18-13(15)12(8-16-18)14(19)17-11-6-9-4-2-3-5-10(9)7-11/h2-5,8,11H,6-7,15H2,1H3,(H,17,19). The number of nitrogens with zero attached hydrogens (tertiary/aromatic N) is 2. The van der Waals surface area contributed by atoms with Gasteiger partial charge < -0.3 is 11.1 Å². The molecule has 5 heteroatoms. The average Bonchev–Trinajstić information content (AvgIpc) is 2.93. The lowest BCUT2D eigenvalue weighted by Gasteiger charge is -2.11. The molecule has 0 fully saturated rings. The van der Waals surface area contributed by atoms with E-state index in [0.717, 1.165) is 12.8 Å². The predicted octanol–water partition coefficient (Wildman–Crippen LogP) is 0.899. The molecule has 5 nitrogen and oxygen atoms in total. The zero-order chi connectivity index (χ0) is 13.4. The SMILES string of the molecule is Cn1ncc(C(=O)NC2Cc3ccccc3C2)c1N. The average molecular weight is 256 g/mol. The normalized spacial score (nSPS) is 14.4. The minimum Gasteiger partial charge on any atom is -0.383 e. The molecule has 3 N–H and O–H groups in total. The maximum Gasteiger partial charge on any atom is 0.256 e. The Balaban J connectivity index is 1.71. The van der Waals surface area contributed by atoms with Crippen LogP contribution in [-0.4, -0.2) is 21.7 Å². The number of aromatic nitrogens is 2. The number of anilines is 1. The van der Waals surface area contributed by atoms with Gasteiger partial charge >= 0.3 is 0 Å². The molecule has 19 heavy (non-hydrogen) atoms. The van der Waals surface area contributed by atoms with Crippen molar-refractivity contribution in [3.05, 3.63) is 47.2 Å². The van der Waals surface area contributed by atoms with E-state index in [-0.39, 0.29) is 11.9 Å². The van der Waals surface area contributed by atoms with E-state index in [1.165, 1.54) is 22.0 Å². The van der Waals surface area contributed by atoms with E-state index in [1.54, 1.807) is 7.05 Å². The zero-order valence-electron chi connectivity index (χ0n) is 10.8. The monoisotopic (exact) mass is 256 g/mol. The first-order chi connectivity index (χ1) is 9.15.